The molecule has 1 atom stereocenters. The number of ether oxygens (including phenoxy) is 1. The van der Waals surface area contributed by atoms with Crippen molar-refractivity contribution in [2.45, 2.75) is 60.1 Å². The van der Waals surface area contributed by atoms with Gasteiger partial charge in [-0.05, 0) is 52.2 Å². The number of H-pyrrole nitrogens is 1. The Morgan fingerprint density at radius 2 is 1.90 bits per heavy atom. The number of carbonyl (C=O) groups excluding carboxylic acids is 2. The number of carbonyl (C=O) groups is 2. The second kappa shape index (κ2) is 10.4. The summed E-state index contributed by atoms with van der Waals surface area (Å²) in [6, 6.07) is 7.10. The molecule has 0 saturated heterocycles. The minimum Gasteiger partial charge on any atom is -0.444 e. The molecular weight excluding hydrogens is 396 g/mol. The molecular formula is C23H34N4O4. The van der Waals surface area contributed by atoms with Gasteiger partial charge in [-0.15, -0.1) is 0 Å². The lowest BCUT2D eigenvalue weighted by Crippen LogP contribution is -2.43. The highest BCUT2D eigenvalue weighted by atomic mass is 16.6. The minimum atomic E-state index is -0.606. The van der Waals surface area contributed by atoms with Gasteiger partial charge in [0.1, 0.15) is 11.4 Å². The van der Waals surface area contributed by atoms with Crippen molar-refractivity contribution in [3.05, 3.63) is 40.4 Å². The fourth-order valence-corrected chi connectivity index (χ4v) is 3.36. The van der Waals surface area contributed by atoms with Gasteiger partial charge in [-0.1, -0.05) is 26.0 Å². The third-order valence-corrected chi connectivity index (χ3v) is 4.69. The van der Waals surface area contributed by atoms with E-state index in [2.05, 4.69) is 15.3 Å². The van der Waals surface area contributed by atoms with Crippen LogP contribution in [0.25, 0.3) is 10.9 Å². The Kier molecular flexibility index (Phi) is 8.19. The molecule has 31 heavy (non-hydrogen) atoms. The minimum absolute atomic E-state index is 0.0944. The van der Waals surface area contributed by atoms with E-state index in [1.54, 1.807) is 43.9 Å². The number of rotatable bonds is 8. The molecule has 8 nitrogen and oxygen atoms in total. The van der Waals surface area contributed by atoms with Gasteiger partial charge < -0.3 is 19.9 Å². The van der Waals surface area contributed by atoms with Crippen LogP contribution in [0, 0.1) is 11.8 Å². The summed E-state index contributed by atoms with van der Waals surface area (Å²) < 4.78 is 5.28. The first-order chi connectivity index (χ1) is 14.5. The number of nitrogens with zero attached hydrogens (tertiary/aromatic N) is 2. The van der Waals surface area contributed by atoms with Crippen LogP contribution < -0.4 is 10.9 Å². The van der Waals surface area contributed by atoms with E-state index in [1.807, 2.05) is 26.8 Å². The van der Waals surface area contributed by atoms with Crippen molar-refractivity contribution < 1.29 is 14.3 Å². The van der Waals surface area contributed by atoms with Gasteiger partial charge in [0, 0.05) is 13.1 Å². The molecule has 2 N–H and O–H groups in total. The van der Waals surface area contributed by atoms with Crippen LogP contribution in [0.5, 0.6) is 0 Å². The molecule has 0 radical (unpaired) electrons. The molecule has 0 aliphatic rings. The molecule has 0 spiro atoms. The number of aromatic amines is 1. The molecule has 170 valence electrons. The lowest BCUT2D eigenvalue weighted by molar-refractivity contribution is -0.136. The van der Waals surface area contributed by atoms with Crippen LogP contribution in [0.1, 0.15) is 53.8 Å². The number of fused-ring (bicyclic) bond motifs is 1. The number of hydrogen-bond acceptors (Lipinski definition) is 5. The predicted octanol–water partition coefficient (Wildman–Crippen LogP) is 3.46. The van der Waals surface area contributed by atoms with Crippen LogP contribution >= 0.6 is 0 Å². The first-order valence-corrected chi connectivity index (χ1v) is 10.7. The average Bonchev–Trinajstić information content (AvgIpc) is 2.67. The van der Waals surface area contributed by atoms with Crippen LogP contribution in [-0.4, -0.2) is 45.6 Å². The molecule has 2 aromatic rings. The summed E-state index contributed by atoms with van der Waals surface area (Å²) in [5.41, 5.74) is -0.241. The number of alkyl carbamates (subject to hydrolysis) is 1. The summed E-state index contributed by atoms with van der Waals surface area (Å²) >= 11 is 0. The number of amides is 2. The monoisotopic (exact) mass is 430 g/mol. The molecule has 8 heteroatoms. The highest BCUT2D eigenvalue weighted by Gasteiger charge is 2.26. The highest BCUT2D eigenvalue weighted by molar-refractivity contribution is 5.80. The van der Waals surface area contributed by atoms with E-state index < -0.39 is 17.6 Å². The Bertz CT molecular complexity index is 962. The molecule has 0 aliphatic carbocycles. The summed E-state index contributed by atoms with van der Waals surface area (Å²) in [5, 5.41) is 3.23. The maximum Gasteiger partial charge on any atom is 0.407 e. The van der Waals surface area contributed by atoms with Crippen LogP contribution in [0.2, 0.25) is 0 Å². The first kappa shape index (κ1) is 24.4. The molecule has 0 aliphatic heterocycles. The quantitative estimate of drug-likeness (QED) is 0.667. The van der Waals surface area contributed by atoms with Gasteiger partial charge in [0.05, 0.1) is 23.4 Å². The van der Waals surface area contributed by atoms with Crippen LogP contribution in [0.3, 0.4) is 0 Å². The maximum absolute atomic E-state index is 13.3. The number of aromatic nitrogens is 2. The van der Waals surface area contributed by atoms with Crippen molar-refractivity contribution in [3.63, 3.8) is 0 Å². The summed E-state index contributed by atoms with van der Waals surface area (Å²) in [6.07, 6.45) is 0.0740. The van der Waals surface area contributed by atoms with Crippen LogP contribution in [0.15, 0.2) is 29.1 Å². The molecule has 1 unspecified atom stereocenters. The van der Waals surface area contributed by atoms with Gasteiger partial charge >= 0.3 is 6.09 Å². The standard InChI is InChI=1S/C23H34N4O4/c1-7-27(14-19-25-18-11-9-8-10-17(18)20(28)26-19)21(29)16(12-15(2)3)13-24-22(30)31-23(4,5)6/h8-11,15-16H,7,12-14H2,1-6H3,(H,24,30)(H,25,26,28). The van der Waals surface area contributed by atoms with Crippen LogP contribution in [0.4, 0.5) is 4.79 Å². The lowest BCUT2D eigenvalue weighted by Gasteiger charge is -2.27. The van der Waals surface area contributed by atoms with Crippen LogP contribution in [-0.2, 0) is 16.1 Å². The van der Waals surface area contributed by atoms with Gasteiger partial charge in [-0.25, -0.2) is 9.78 Å². The Morgan fingerprint density at radius 3 is 2.52 bits per heavy atom. The van der Waals surface area contributed by atoms with Gasteiger partial charge in [0.2, 0.25) is 5.91 Å². The van der Waals surface area contributed by atoms with Gasteiger partial charge in [-0.3, -0.25) is 9.59 Å². The first-order valence-electron chi connectivity index (χ1n) is 10.7. The lowest BCUT2D eigenvalue weighted by atomic mass is 9.95. The van der Waals surface area contributed by atoms with E-state index in [9.17, 15) is 14.4 Å². The van der Waals surface area contributed by atoms with E-state index in [1.165, 1.54) is 0 Å². The zero-order chi connectivity index (χ0) is 23.2. The molecule has 0 bridgehead atoms. The second-order valence-corrected chi connectivity index (χ2v) is 9.09. The maximum atomic E-state index is 13.3. The van der Waals surface area contributed by atoms with E-state index in [4.69, 9.17) is 4.74 Å². The van der Waals surface area contributed by atoms with Gasteiger partial charge in [0.25, 0.3) is 5.56 Å². The summed E-state index contributed by atoms with van der Waals surface area (Å²) in [6.45, 7) is 12.2. The molecule has 1 heterocycles. The fourth-order valence-electron chi connectivity index (χ4n) is 3.36. The number of nitrogens with one attached hydrogen (secondary N) is 2. The second-order valence-electron chi connectivity index (χ2n) is 9.09. The zero-order valence-electron chi connectivity index (χ0n) is 19.3. The smallest absolute Gasteiger partial charge is 0.407 e. The number of para-hydroxylation sites is 1. The third-order valence-electron chi connectivity index (χ3n) is 4.69. The van der Waals surface area contributed by atoms with Crippen molar-refractivity contribution in [3.8, 4) is 0 Å². The van der Waals surface area contributed by atoms with Crippen molar-refractivity contribution >= 4 is 22.9 Å². The van der Waals surface area contributed by atoms with Crippen molar-refractivity contribution in [2.24, 2.45) is 11.8 Å². The van der Waals surface area contributed by atoms with Gasteiger partial charge in [-0.2, -0.15) is 0 Å². The zero-order valence-corrected chi connectivity index (χ0v) is 19.3. The molecule has 0 saturated carbocycles. The Labute approximate surface area is 183 Å². The SMILES string of the molecule is CCN(Cc1nc2ccccc2c(=O)[nH]1)C(=O)C(CNC(=O)OC(C)(C)C)CC(C)C. The molecule has 1 aromatic carbocycles. The Balaban J connectivity index is 2.15. The summed E-state index contributed by atoms with van der Waals surface area (Å²) in [7, 11) is 0. The topological polar surface area (TPSA) is 104 Å². The van der Waals surface area contributed by atoms with E-state index >= 15 is 0 Å². The molecule has 0 fully saturated rings. The van der Waals surface area contributed by atoms with Gasteiger partial charge in [0.15, 0.2) is 0 Å². The molecule has 1 aromatic heterocycles. The third kappa shape index (κ3) is 7.38. The summed E-state index contributed by atoms with van der Waals surface area (Å²) in [5.74, 6) is 0.205. The summed E-state index contributed by atoms with van der Waals surface area (Å²) in [4.78, 5) is 46.6. The Morgan fingerprint density at radius 1 is 1.23 bits per heavy atom. The van der Waals surface area contributed by atoms with E-state index in [0.29, 0.717) is 29.7 Å². The number of hydrogen-bond donors (Lipinski definition) is 2. The highest BCUT2D eigenvalue weighted by Crippen LogP contribution is 2.16. The number of benzene rings is 1. The fraction of sp³-hybridized carbons (Fsp3) is 0.565. The van der Waals surface area contributed by atoms with Crippen molar-refractivity contribution in [1.82, 2.24) is 20.2 Å². The van der Waals surface area contributed by atoms with Crippen molar-refractivity contribution in [2.75, 3.05) is 13.1 Å². The molecule has 2 amide bonds. The normalized spacial score (nSPS) is 12.6. The largest absolute Gasteiger partial charge is 0.444 e. The van der Waals surface area contributed by atoms with E-state index in [0.717, 1.165) is 0 Å². The van der Waals surface area contributed by atoms with Crippen molar-refractivity contribution in [1.29, 1.82) is 0 Å². The average molecular weight is 431 g/mol. The Hall–Kier alpha value is -2.90. The van der Waals surface area contributed by atoms with E-state index in [-0.39, 0.29) is 30.5 Å². The molecule has 2 rings (SSSR count). The predicted molar refractivity (Wildman–Crippen MR) is 121 cm³/mol.